The summed E-state index contributed by atoms with van der Waals surface area (Å²) in [5.74, 6) is 1.44. The number of nitrogens with one attached hydrogen (secondary N) is 1. The van der Waals surface area contributed by atoms with Gasteiger partial charge in [0.15, 0.2) is 5.82 Å². The van der Waals surface area contributed by atoms with Crippen molar-refractivity contribution < 1.29 is 19.4 Å². The van der Waals surface area contributed by atoms with Crippen molar-refractivity contribution in [2.45, 2.75) is 25.9 Å². The first-order valence-electron chi connectivity index (χ1n) is 11.8. The summed E-state index contributed by atoms with van der Waals surface area (Å²) in [5, 5.41) is 13.2. The van der Waals surface area contributed by atoms with Crippen LogP contribution < -0.4 is 19.9 Å². The van der Waals surface area contributed by atoms with Gasteiger partial charge in [0.25, 0.3) is 11.8 Å². The van der Waals surface area contributed by atoms with Crippen LogP contribution in [0, 0.1) is 0 Å². The number of benzene rings is 1. The predicted molar refractivity (Wildman–Crippen MR) is 139 cm³/mol. The van der Waals surface area contributed by atoms with E-state index in [-0.39, 0.29) is 11.8 Å². The second kappa shape index (κ2) is 9.75. The first-order chi connectivity index (χ1) is 17.4. The Morgan fingerprint density at radius 3 is 2.83 bits per heavy atom. The van der Waals surface area contributed by atoms with Crippen LogP contribution >= 0.6 is 11.3 Å². The van der Waals surface area contributed by atoms with Crippen molar-refractivity contribution in [1.29, 1.82) is 0 Å². The van der Waals surface area contributed by atoms with Crippen LogP contribution in [-0.2, 0) is 0 Å². The summed E-state index contributed by atoms with van der Waals surface area (Å²) in [5.41, 5.74) is 4.29. The van der Waals surface area contributed by atoms with Crippen molar-refractivity contribution in [3.8, 4) is 5.75 Å². The predicted octanol–water partition coefficient (Wildman–Crippen LogP) is 3.64. The zero-order chi connectivity index (χ0) is 25.4. The summed E-state index contributed by atoms with van der Waals surface area (Å²) in [6, 6.07) is 7.12. The molecule has 10 nitrogen and oxygen atoms in total. The number of fused-ring (bicyclic) bond motifs is 2. The summed E-state index contributed by atoms with van der Waals surface area (Å²) in [4.78, 5) is 40.5. The number of hydrogen-bond donors (Lipinski definition) is 2. The number of rotatable bonds is 5. The smallest absolute Gasteiger partial charge is 0.272 e. The number of carbonyl (C=O) groups is 2. The molecule has 2 aromatic heterocycles. The number of hydrogen-bond acceptors (Lipinski definition) is 9. The highest BCUT2D eigenvalue weighted by Gasteiger charge is 2.30. The number of carbonyl (C=O) groups excluding carboxylic acids is 2. The number of β-amino-alcohol motifs (C(OH)–C–C–N with tert-alkyl or cyclic N) is 1. The fourth-order valence-corrected chi connectivity index (χ4v) is 5.32. The molecule has 1 fully saturated rings. The molecule has 3 aromatic rings. The lowest BCUT2D eigenvalue weighted by Crippen LogP contribution is -2.42. The van der Waals surface area contributed by atoms with E-state index >= 15 is 0 Å². The van der Waals surface area contributed by atoms with Crippen molar-refractivity contribution in [3.05, 3.63) is 46.4 Å². The van der Waals surface area contributed by atoms with Gasteiger partial charge in [0.2, 0.25) is 0 Å². The number of anilines is 5. The highest BCUT2D eigenvalue weighted by Crippen LogP contribution is 2.41. The summed E-state index contributed by atoms with van der Waals surface area (Å²) in [6.07, 6.45) is 2.67. The van der Waals surface area contributed by atoms with Crippen molar-refractivity contribution in [3.63, 3.8) is 0 Å². The maximum absolute atomic E-state index is 13.0. The molecule has 0 aliphatic carbocycles. The second-order valence-corrected chi connectivity index (χ2v) is 9.66. The molecule has 0 bridgehead atoms. The number of nitrogens with zero attached hydrogens (tertiary/aromatic N) is 5. The Hall–Kier alpha value is -3.70. The lowest BCUT2D eigenvalue weighted by molar-refractivity contribution is 0.0473. The number of likely N-dealkylation sites (tertiary alicyclic amines) is 1. The molecule has 0 saturated carbocycles. The third kappa shape index (κ3) is 4.35. The van der Waals surface area contributed by atoms with E-state index in [1.54, 1.807) is 46.8 Å². The monoisotopic (exact) mass is 508 g/mol. The Bertz CT molecular complexity index is 1310. The molecule has 36 heavy (non-hydrogen) atoms. The number of thiazole rings is 1. The number of aliphatic hydroxyl groups is 1. The molecule has 1 aromatic carbocycles. The Morgan fingerprint density at radius 1 is 1.22 bits per heavy atom. The molecule has 0 spiro atoms. The Balaban J connectivity index is 1.44. The third-order valence-corrected chi connectivity index (χ3v) is 7.23. The van der Waals surface area contributed by atoms with E-state index < -0.39 is 6.10 Å². The molecule has 1 unspecified atom stereocenters. The normalized spacial score (nSPS) is 17.4. The average molecular weight is 509 g/mol. The number of piperidine rings is 1. The Kier molecular flexibility index (Phi) is 6.50. The van der Waals surface area contributed by atoms with Gasteiger partial charge in [0.05, 0.1) is 41.5 Å². The van der Waals surface area contributed by atoms with E-state index in [0.29, 0.717) is 65.3 Å². The van der Waals surface area contributed by atoms with Crippen LogP contribution in [0.15, 0.2) is 36.0 Å². The molecule has 2 amide bonds. The standard InChI is InChI=1S/C25H28N6O4S/c1-4-35-20-10-15(24(33)31-9-5-6-16(32)13-31)7-8-17(20)28-21-11-18-19(12-26-21)30(3)25(34)22-23(29(18)2)27-14-36-22/h7-8,10-12,14,16,32H,4-6,9,13H2,1-3H3,(H,26,28). The Morgan fingerprint density at radius 2 is 2.06 bits per heavy atom. The third-order valence-electron chi connectivity index (χ3n) is 6.42. The van der Waals surface area contributed by atoms with E-state index in [1.165, 1.54) is 11.3 Å². The molecule has 5 rings (SSSR count). The molecular formula is C25H28N6O4S. The van der Waals surface area contributed by atoms with Crippen LogP contribution in [0.3, 0.4) is 0 Å². The second-order valence-electron chi connectivity index (χ2n) is 8.80. The molecule has 4 heterocycles. The minimum atomic E-state index is -0.484. The number of pyridine rings is 1. The van der Waals surface area contributed by atoms with E-state index in [1.807, 2.05) is 24.9 Å². The van der Waals surface area contributed by atoms with Gasteiger partial charge in [-0.25, -0.2) is 9.97 Å². The summed E-state index contributed by atoms with van der Waals surface area (Å²) in [7, 11) is 3.60. The number of aromatic nitrogens is 2. The zero-order valence-electron chi connectivity index (χ0n) is 20.4. The number of aliphatic hydroxyl groups excluding tert-OH is 1. The van der Waals surface area contributed by atoms with Crippen molar-refractivity contribution >= 4 is 51.8 Å². The first kappa shape index (κ1) is 24.0. The molecule has 1 atom stereocenters. The summed E-state index contributed by atoms with van der Waals surface area (Å²) in [6.45, 7) is 3.28. The van der Waals surface area contributed by atoms with E-state index in [2.05, 4.69) is 15.3 Å². The van der Waals surface area contributed by atoms with Crippen LogP contribution in [0.2, 0.25) is 0 Å². The molecule has 188 valence electrons. The molecule has 2 N–H and O–H groups in total. The average Bonchev–Trinajstić information content (AvgIpc) is 3.36. The van der Waals surface area contributed by atoms with Crippen LogP contribution in [0.25, 0.3) is 0 Å². The maximum Gasteiger partial charge on any atom is 0.272 e. The van der Waals surface area contributed by atoms with Crippen LogP contribution in [0.4, 0.5) is 28.7 Å². The zero-order valence-corrected chi connectivity index (χ0v) is 21.2. The van der Waals surface area contributed by atoms with Gasteiger partial charge < -0.3 is 29.9 Å². The van der Waals surface area contributed by atoms with Gasteiger partial charge in [0.1, 0.15) is 16.4 Å². The molecular weight excluding hydrogens is 480 g/mol. The number of amides is 2. The highest BCUT2D eigenvalue weighted by atomic mass is 32.1. The van der Waals surface area contributed by atoms with Crippen molar-refractivity contribution in [1.82, 2.24) is 14.9 Å². The van der Waals surface area contributed by atoms with Gasteiger partial charge in [-0.2, -0.15) is 0 Å². The van der Waals surface area contributed by atoms with Gasteiger partial charge in [0, 0.05) is 38.8 Å². The first-order valence-corrected chi connectivity index (χ1v) is 12.7. The van der Waals surface area contributed by atoms with E-state index in [0.717, 1.165) is 12.1 Å². The van der Waals surface area contributed by atoms with Crippen LogP contribution in [0.1, 0.15) is 39.8 Å². The van der Waals surface area contributed by atoms with Gasteiger partial charge in [-0.3, -0.25) is 9.59 Å². The fourth-order valence-electron chi connectivity index (χ4n) is 4.53. The SMILES string of the molecule is CCOc1cc(C(=O)N2CCCC(O)C2)ccc1Nc1cc2c(cn1)N(C)C(=O)c1scnc1N2C. The van der Waals surface area contributed by atoms with Crippen molar-refractivity contribution in [2.75, 3.05) is 48.9 Å². The molecule has 1 saturated heterocycles. The van der Waals surface area contributed by atoms with Crippen molar-refractivity contribution in [2.24, 2.45) is 0 Å². The maximum atomic E-state index is 13.0. The minimum Gasteiger partial charge on any atom is -0.492 e. The van der Waals surface area contributed by atoms with E-state index in [4.69, 9.17) is 4.74 Å². The fraction of sp³-hybridized carbons (Fsp3) is 0.360. The van der Waals surface area contributed by atoms with Gasteiger partial charge in [-0.05, 0) is 38.0 Å². The quantitative estimate of drug-likeness (QED) is 0.538. The summed E-state index contributed by atoms with van der Waals surface area (Å²) >= 11 is 1.31. The molecule has 0 radical (unpaired) electrons. The summed E-state index contributed by atoms with van der Waals surface area (Å²) < 4.78 is 5.85. The van der Waals surface area contributed by atoms with Gasteiger partial charge in [-0.15, -0.1) is 11.3 Å². The van der Waals surface area contributed by atoms with Gasteiger partial charge >= 0.3 is 0 Å². The minimum absolute atomic E-state index is 0.124. The largest absolute Gasteiger partial charge is 0.492 e. The van der Waals surface area contributed by atoms with E-state index in [9.17, 15) is 14.7 Å². The number of ether oxygens (including phenoxy) is 1. The Labute approximate surface area is 213 Å². The van der Waals surface area contributed by atoms with Gasteiger partial charge in [-0.1, -0.05) is 0 Å². The molecule has 2 aliphatic heterocycles. The van der Waals surface area contributed by atoms with Crippen LogP contribution in [-0.4, -0.2) is 71.7 Å². The molecule has 11 heteroatoms. The lowest BCUT2D eigenvalue weighted by Gasteiger charge is -2.30. The van der Waals surface area contributed by atoms with Crippen LogP contribution in [0.5, 0.6) is 5.75 Å². The molecule has 2 aliphatic rings. The lowest BCUT2D eigenvalue weighted by atomic mass is 10.1. The highest BCUT2D eigenvalue weighted by molar-refractivity contribution is 7.12. The topological polar surface area (TPSA) is 111 Å².